The van der Waals surface area contributed by atoms with Crippen molar-refractivity contribution in [1.29, 1.82) is 0 Å². The molecule has 2 N–H and O–H groups in total. The Morgan fingerprint density at radius 2 is 1.89 bits per heavy atom. The highest BCUT2D eigenvalue weighted by molar-refractivity contribution is 5.77. The van der Waals surface area contributed by atoms with E-state index < -0.39 is 0 Å². The Kier molecular flexibility index (Phi) is 4.62. The third kappa shape index (κ3) is 3.69. The Morgan fingerprint density at radius 3 is 2.50 bits per heavy atom. The van der Waals surface area contributed by atoms with Crippen LogP contribution in [0.4, 0.5) is 0 Å². The lowest BCUT2D eigenvalue weighted by Gasteiger charge is -2.41. The largest absolute Gasteiger partial charge is 0.353 e. The zero-order valence-electron chi connectivity index (χ0n) is 11.8. The van der Waals surface area contributed by atoms with Crippen LogP contribution in [0.5, 0.6) is 0 Å². The van der Waals surface area contributed by atoms with E-state index in [1.54, 1.807) is 0 Å². The molecule has 0 aromatic carbocycles. The van der Waals surface area contributed by atoms with E-state index in [1.807, 2.05) is 0 Å². The Labute approximate surface area is 110 Å². The minimum atomic E-state index is -0.0230. The molecule has 0 radical (unpaired) electrons. The minimum absolute atomic E-state index is 0.0230. The average molecular weight is 253 g/mol. The smallest absolute Gasteiger partial charge is 0.222 e. The van der Waals surface area contributed by atoms with E-state index in [-0.39, 0.29) is 11.4 Å². The van der Waals surface area contributed by atoms with Crippen LogP contribution in [-0.4, -0.2) is 48.6 Å². The molecule has 0 aromatic rings. The van der Waals surface area contributed by atoms with Crippen molar-refractivity contribution in [3.63, 3.8) is 0 Å². The molecule has 104 valence electrons. The predicted molar refractivity (Wildman–Crippen MR) is 73.5 cm³/mol. The number of hydrogen-bond donors (Lipinski definition) is 2. The molecule has 0 atom stereocenters. The molecule has 1 heterocycles. The molecule has 0 bridgehead atoms. The molecule has 2 rings (SSSR count). The van der Waals surface area contributed by atoms with Crippen molar-refractivity contribution in [3.8, 4) is 0 Å². The molecule has 0 unspecified atom stereocenters. The molecule has 0 spiro atoms. The first-order valence-corrected chi connectivity index (χ1v) is 7.33. The maximum Gasteiger partial charge on any atom is 0.222 e. The van der Waals surface area contributed by atoms with Crippen LogP contribution in [0.3, 0.4) is 0 Å². The van der Waals surface area contributed by atoms with Gasteiger partial charge in [0, 0.05) is 44.2 Å². The SMILES string of the molecule is CC(C)(CC(=O)NC1CCCC1)N1CCNCC1. The van der Waals surface area contributed by atoms with Gasteiger partial charge in [0.25, 0.3) is 0 Å². The maximum atomic E-state index is 12.1. The summed E-state index contributed by atoms with van der Waals surface area (Å²) in [6.45, 7) is 8.54. The number of carbonyl (C=O) groups excluding carboxylic acids is 1. The summed E-state index contributed by atoms with van der Waals surface area (Å²) < 4.78 is 0. The van der Waals surface area contributed by atoms with Gasteiger partial charge < -0.3 is 10.6 Å². The highest BCUT2D eigenvalue weighted by Gasteiger charge is 2.31. The van der Waals surface area contributed by atoms with Crippen LogP contribution >= 0.6 is 0 Å². The average Bonchev–Trinajstić information content (AvgIpc) is 2.82. The molecule has 18 heavy (non-hydrogen) atoms. The first kappa shape index (κ1) is 13.8. The van der Waals surface area contributed by atoms with Gasteiger partial charge in [0.2, 0.25) is 5.91 Å². The summed E-state index contributed by atoms with van der Waals surface area (Å²) in [5, 5.41) is 6.55. The van der Waals surface area contributed by atoms with Gasteiger partial charge in [-0.1, -0.05) is 12.8 Å². The van der Waals surface area contributed by atoms with Crippen LogP contribution in [0.15, 0.2) is 0 Å². The number of nitrogens with zero attached hydrogens (tertiary/aromatic N) is 1. The fourth-order valence-electron chi connectivity index (χ4n) is 3.12. The Hall–Kier alpha value is -0.610. The van der Waals surface area contributed by atoms with Crippen molar-refractivity contribution < 1.29 is 4.79 Å². The summed E-state index contributed by atoms with van der Waals surface area (Å²) in [7, 11) is 0. The van der Waals surface area contributed by atoms with Gasteiger partial charge >= 0.3 is 0 Å². The number of amides is 1. The van der Waals surface area contributed by atoms with Gasteiger partial charge in [-0.15, -0.1) is 0 Å². The molecule has 1 amide bonds. The van der Waals surface area contributed by atoms with Crippen molar-refractivity contribution in [3.05, 3.63) is 0 Å². The molecule has 4 heteroatoms. The predicted octanol–water partition coefficient (Wildman–Crippen LogP) is 1.12. The fourth-order valence-corrected chi connectivity index (χ4v) is 3.12. The molecular formula is C14H27N3O. The van der Waals surface area contributed by atoms with Gasteiger partial charge in [-0.25, -0.2) is 0 Å². The minimum Gasteiger partial charge on any atom is -0.353 e. The Balaban J connectivity index is 1.80. The first-order valence-electron chi connectivity index (χ1n) is 7.33. The summed E-state index contributed by atoms with van der Waals surface area (Å²) >= 11 is 0. The van der Waals surface area contributed by atoms with Crippen LogP contribution in [-0.2, 0) is 4.79 Å². The van der Waals surface area contributed by atoms with Crippen molar-refractivity contribution in [1.82, 2.24) is 15.5 Å². The van der Waals surface area contributed by atoms with E-state index >= 15 is 0 Å². The van der Waals surface area contributed by atoms with Crippen LogP contribution in [0, 0.1) is 0 Å². The zero-order chi connectivity index (χ0) is 13.0. The monoisotopic (exact) mass is 253 g/mol. The van der Waals surface area contributed by atoms with Crippen molar-refractivity contribution in [2.24, 2.45) is 0 Å². The van der Waals surface area contributed by atoms with E-state index in [0.717, 1.165) is 26.2 Å². The lowest BCUT2D eigenvalue weighted by atomic mass is 9.96. The molecule has 4 nitrogen and oxygen atoms in total. The number of hydrogen-bond acceptors (Lipinski definition) is 3. The summed E-state index contributed by atoms with van der Waals surface area (Å²) in [4.78, 5) is 14.5. The van der Waals surface area contributed by atoms with E-state index in [0.29, 0.717) is 12.5 Å². The summed E-state index contributed by atoms with van der Waals surface area (Å²) in [6, 6.07) is 0.441. The second kappa shape index (κ2) is 6.02. The highest BCUT2D eigenvalue weighted by atomic mass is 16.1. The zero-order valence-corrected chi connectivity index (χ0v) is 11.8. The quantitative estimate of drug-likeness (QED) is 0.789. The summed E-state index contributed by atoms with van der Waals surface area (Å²) in [6.07, 6.45) is 5.49. The normalized spacial score (nSPS) is 23.2. The van der Waals surface area contributed by atoms with Gasteiger partial charge in [0.1, 0.15) is 0 Å². The number of rotatable bonds is 4. The molecule has 1 aliphatic heterocycles. The molecular weight excluding hydrogens is 226 g/mol. The number of carbonyl (C=O) groups is 1. The molecule has 2 fully saturated rings. The van der Waals surface area contributed by atoms with Gasteiger partial charge in [-0.3, -0.25) is 9.69 Å². The summed E-state index contributed by atoms with van der Waals surface area (Å²) in [5.74, 6) is 0.227. The Bertz CT molecular complexity index is 279. The summed E-state index contributed by atoms with van der Waals surface area (Å²) in [5.41, 5.74) is -0.0230. The fraction of sp³-hybridized carbons (Fsp3) is 0.929. The molecule has 1 aliphatic carbocycles. The number of piperazine rings is 1. The molecule has 0 aromatic heterocycles. The molecule has 1 saturated heterocycles. The van der Waals surface area contributed by atoms with Crippen molar-refractivity contribution >= 4 is 5.91 Å². The van der Waals surface area contributed by atoms with Crippen molar-refractivity contribution in [2.45, 2.75) is 57.5 Å². The Morgan fingerprint density at radius 1 is 1.28 bits per heavy atom. The second-order valence-electron chi connectivity index (χ2n) is 6.28. The van der Waals surface area contributed by atoms with Crippen LogP contribution in [0.25, 0.3) is 0 Å². The third-order valence-corrected chi connectivity index (χ3v) is 4.29. The molecule has 2 aliphatic rings. The van der Waals surface area contributed by atoms with Crippen molar-refractivity contribution in [2.75, 3.05) is 26.2 Å². The molecule has 1 saturated carbocycles. The second-order valence-corrected chi connectivity index (χ2v) is 6.28. The van der Waals surface area contributed by atoms with Gasteiger partial charge in [0.15, 0.2) is 0 Å². The van der Waals surface area contributed by atoms with E-state index in [2.05, 4.69) is 29.4 Å². The first-order chi connectivity index (χ1) is 8.58. The third-order valence-electron chi connectivity index (χ3n) is 4.29. The van der Waals surface area contributed by atoms with Crippen LogP contribution < -0.4 is 10.6 Å². The van der Waals surface area contributed by atoms with Gasteiger partial charge in [0.05, 0.1) is 0 Å². The number of nitrogens with one attached hydrogen (secondary N) is 2. The van der Waals surface area contributed by atoms with Gasteiger partial charge in [-0.05, 0) is 26.7 Å². The van der Waals surface area contributed by atoms with Crippen LogP contribution in [0.1, 0.15) is 46.0 Å². The lowest BCUT2D eigenvalue weighted by molar-refractivity contribution is -0.124. The maximum absolute atomic E-state index is 12.1. The van der Waals surface area contributed by atoms with Gasteiger partial charge in [-0.2, -0.15) is 0 Å². The van der Waals surface area contributed by atoms with Crippen LogP contribution in [0.2, 0.25) is 0 Å². The van der Waals surface area contributed by atoms with E-state index in [4.69, 9.17) is 0 Å². The standard InChI is InChI=1S/C14H27N3O/c1-14(2,17-9-7-15-8-10-17)11-13(18)16-12-5-3-4-6-12/h12,15H,3-11H2,1-2H3,(H,16,18). The topological polar surface area (TPSA) is 44.4 Å². The highest BCUT2D eigenvalue weighted by Crippen LogP contribution is 2.21. The lowest BCUT2D eigenvalue weighted by Crippen LogP contribution is -2.55. The van der Waals surface area contributed by atoms with E-state index in [1.165, 1.54) is 25.7 Å². The van der Waals surface area contributed by atoms with E-state index in [9.17, 15) is 4.79 Å².